The molecular formula is C19H39Si4. The van der Waals surface area contributed by atoms with Gasteiger partial charge in [-0.2, -0.15) is 0 Å². The predicted octanol–water partition coefficient (Wildman–Crippen LogP) is 6.08. The fraction of sp³-hybridized carbons (Fsp3) is 1.00. The third-order valence-corrected chi connectivity index (χ3v) is 8.01. The Morgan fingerprint density at radius 2 is 0.696 bits per heavy atom. The molecule has 0 rings (SSSR count). The van der Waals surface area contributed by atoms with E-state index in [0.717, 1.165) is 0 Å². The lowest BCUT2D eigenvalue weighted by molar-refractivity contribution is 0.529. The van der Waals surface area contributed by atoms with Crippen molar-refractivity contribution in [2.24, 2.45) is 0 Å². The summed E-state index contributed by atoms with van der Waals surface area (Å²) in [6.07, 6.45) is 24.6. The van der Waals surface area contributed by atoms with E-state index >= 15 is 0 Å². The molecule has 9 radical (unpaired) electrons. The fourth-order valence-electron chi connectivity index (χ4n) is 3.12. The van der Waals surface area contributed by atoms with Crippen LogP contribution in [0.25, 0.3) is 0 Å². The molecule has 0 aliphatic heterocycles. The minimum atomic E-state index is -1.35. The molecule has 0 amide bonds. The van der Waals surface area contributed by atoms with Gasteiger partial charge >= 0.3 is 0 Å². The highest BCUT2D eigenvalue weighted by Gasteiger charge is 2.11. The van der Waals surface area contributed by atoms with Gasteiger partial charge < -0.3 is 0 Å². The Hall–Kier alpha value is 0.868. The van der Waals surface area contributed by atoms with Crippen LogP contribution >= 0.6 is 0 Å². The average molecular weight is 380 g/mol. The molecule has 4 heteroatoms. The highest BCUT2D eigenvalue weighted by atomic mass is 29.8. The summed E-state index contributed by atoms with van der Waals surface area (Å²) in [5.74, 6) is 0. The molecule has 0 fully saturated rings. The van der Waals surface area contributed by atoms with Crippen molar-refractivity contribution in [2.75, 3.05) is 0 Å². The summed E-state index contributed by atoms with van der Waals surface area (Å²) in [7, 11) is 11.2. The van der Waals surface area contributed by atoms with Gasteiger partial charge in [-0.3, -0.25) is 0 Å². The smallest absolute Gasteiger partial charge is 0.0115 e. The molecular weight excluding hydrogens is 341 g/mol. The molecule has 0 unspecified atom stereocenters. The normalized spacial score (nSPS) is 12.0. The maximum atomic E-state index is 3.74. The van der Waals surface area contributed by atoms with E-state index in [9.17, 15) is 0 Å². The van der Waals surface area contributed by atoms with Gasteiger partial charge in [0.1, 0.15) is 0 Å². The molecule has 0 aromatic heterocycles. The molecule has 0 heterocycles. The van der Waals surface area contributed by atoms with Gasteiger partial charge in [-0.15, -0.1) is 0 Å². The highest BCUT2D eigenvalue weighted by Crippen LogP contribution is 2.14. The molecule has 0 saturated carbocycles. The van der Waals surface area contributed by atoms with E-state index in [2.05, 4.69) is 36.2 Å². The average Bonchev–Trinajstić information content (AvgIpc) is 2.49. The first kappa shape index (κ1) is 23.9. The van der Waals surface area contributed by atoms with Gasteiger partial charge in [0.25, 0.3) is 0 Å². The van der Waals surface area contributed by atoms with Gasteiger partial charge in [0.05, 0.1) is 0 Å². The minimum Gasteiger partial charge on any atom is -0.0654 e. The van der Waals surface area contributed by atoms with Crippen LogP contribution in [-0.2, 0) is 0 Å². The van der Waals surface area contributed by atoms with Gasteiger partial charge in [0.2, 0.25) is 0 Å². The Labute approximate surface area is 158 Å². The molecule has 131 valence electrons. The molecule has 0 aromatic rings. The Morgan fingerprint density at radius 1 is 0.435 bits per heavy atom. The van der Waals surface area contributed by atoms with Crippen LogP contribution in [0.2, 0.25) is 6.04 Å². The summed E-state index contributed by atoms with van der Waals surface area (Å²) >= 11 is 0. The molecule has 0 atom stereocenters. The van der Waals surface area contributed by atoms with Gasteiger partial charge in [-0.05, 0) is 0 Å². The van der Waals surface area contributed by atoms with Crippen LogP contribution in [0.15, 0.2) is 0 Å². The Balaban J connectivity index is 3.00. The van der Waals surface area contributed by atoms with E-state index < -0.39 is 6.63 Å². The van der Waals surface area contributed by atoms with Crippen molar-refractivity contribution in [3.8, 4) is 0 Å². The van der Waals surface area contributed by atoms with Gasteiger partial charge in [0, 0.05) is 35.9 Å². The second-order valence-electron chi connectivity index (χ2n) is 7.31. The second kappa shape index (κ2) is 17.7. The zero-order chi connectivity index (χ0) is 17.2. The molecule has 23 heavy (non-hydrogen) atoms. The summed E-state index contributed by atoms with van der Waals surface area (Å²) in [6, 6.07) is 1.27. The summed E-state index contributed by atoms with van der Waals surface area (Å²) in [5.41, 5.74) is 0. The maximum Gasteiger partial charge on any atom is 0.0115 e. The van der Waals surface area contributed by atoms with E-state index in [0.29, 0.717) is 0 Å². The topological polar surface area (TPSA) is 0 Å². The Morgan fingerprint density at radius 3 is 0.957 bits per heavy atom. The molecule has 0 aliphatic rings. The van der Waals surface area contributed by atoms with Crippen LogP contribution in [0.5, 0.6) is 0 Å². The van der Waals surface area contributed by atoms with Crippen LogP contribution in [0.3, 0.4) is 0 Å². The number of hydrogen-bond acceptors (Lipinski definition) is 0. The molecule has 0 aliphatic carbocycles. The van der Waals surface area contributed by atoms with Crippen molar-refractivity contribution in [3.05, 3.63) is 0 Å². The molecule has 0 aromatic carbocycles. The molecule has 0 spiro atoms. The quantitative estimate of drug-likeness (QED) is 0.200. The van der Waals surface area contributed by atoms with Gasteiger partial charge in [0.15, 0.2) is 0 Å². The number of rotatable bonds is 18. The van der Waals surface area contributed by atoms with E-state index in [4.69, 9.17) is 0 Å². The first-order valence-electron chi connectivity index (χ1n) is 10.3. The van der Waals surface area contributed by atoms with Crippen molar-refractivity contribution < 1.29 is 0 Å². The van der Waals surface area contributed by atoms with Crippen molar-refractivity contribution in [2.45, 2.75) is 122 Å². The lowest BCUT2D eigenvalue weighted by atomic mass is 10.0. The molecule has 0 saturated heterocycles. The number of unbranched alkanes of at least 4 members (excludes halogenated alkanes) is 16. The first-order valence-corrected chi connectivity index (χ1v) is 17.0. The molecule has 0 N–H and O–H groups in total. The van der Waals surface area contributed by atoms with Crippen molar-refractivity contribution in [3.63, 3.8) is 0 Å². The Kier molecular flexibility index (Phi) is 18.3. The third-order valence-electron chi connectivity index (χ3n) is 4.66. The molecule has 0 nitrogen and oxygen atoms in total. The summed E-state index contributed by atoms with van der Waals surface area (Å²) < 4.78 is 0. The zero-order valence-corrected chi connectivity index (χ0v) is 19.7. The van der Waals surface area contributed by atoms with Crippen LogP contribution in [0, 0.1) is 0 Å². The molecule has 0 bridgehead atoms. The summed E-state index contributed by atoms with van der Waals surface area (Å²) in [4.78, 5) is 0. The summed E-state index contributed by atoms with van der Waals surface area (Å²) in [6.45, 7) is 0.945. The standard InChI is InChI=1S/C19H39Si4/c1-2-3-4-5-6-7-8-9-10-11-12-13-14-15-16-17-18-19-23(20,21)22/h2-19H2,1H3. The highest BCUT2D eigenvalue weighted by molar-refractivity contribution is 7.60. The second-order valence-corrected chi connectivity index (χ2v) is 21.8. The first-order chi connectivity index (χ1) is 11.1. The lowest BCUT2D eigenvalue weighted by Gasteiger charge is -2.14. The van der Waals surface area contributed by atoms with Crippen molar-refractivity contribution >= 4 is 35.9 Å². The fourth-order valence-corrected chi connectivity index (χ4v) is 5.49. The predicted molar refractivity (Wildman–Crippen MR) is 112 cm³/mol. The van der Waals surface area contributed by atoms with Crippen LogP contribution < -0.4 is 0 Å². The van der Waals surface area contributed by atoms with E-state index in [-0.39, 0.29) is 0 Å². The van der Waals surface area contributed by atoms with E-state index in [1.165, 1.54) is 115 Å². The SMILES string of the molecule is CCCCCCCCCCCCCCCCCCC[Si]([Si])([Si])[Si]. The third kappa shape index (κ3) is 22.9. The zero-order valence-electron chi connectivity index (χ0n) is 15.7. The largest absolute Gasteiger partial charge is 0.0654 e. The van der Waals surface area contributed by atoms with Crippen LogP contribution in [0.4, 0.5) is 0 Å². The monoisotopic (exact) mass is 379 g/mol. The minimum absolute atomic E-state index is 1.27. The van der Waals surface area contributed by atoms with Crippen LogP contribution in [-0.4, -0.2) is 35.9 Å². The van der Waals surface area contributed by atoms with E-state index in [1.54, 1.807) is 0 Å². The van der Waals surface area contributed by atoms with Crippen LogP contribution in [0.1, 0.15) is 116 Å². The van der Waals surface area contributed by atoms with Crippen molar-refractivity contribution in [1.29, 1.82) is 0 Å². The summed E-state index contributed by atoms with van der Waals surface area (Å²) in [5, 5.41) is 0. The van der Waals surface area contributed by atoms with E-state index in [1.807, 2.05) is 0 Å². The van der Waals surface area contributed by atoms with Gasteiger partial charge in [-0.25, -0.2) is 0 Å². The Bertz CT molecular complexity index is 226. The lowest BCUT2D eigenvalue weighted by Crippen LogP contribution is -2.37. The van der Waals surface area contributed by atoms with Gasteiger partial charge in [-0.1, -0.05) is 122 Å². The maximum absolute atomic E-state index is 3.74. The number of hydrogen-bond donors (Lipinski definition) is 0. The van der Waals surface area contributed by atoms with Crippen molar-refractivity contribution in [1.82, 2.24) is 0 Å².